The lowest BCUT2D eigenvalue weighted by Gasteiger charge is -2.32. The van der Waals surface area contributed by atoms with Gasteiger partial charge in [-0.05, 0) is 36.1 Å². The van der Waals surface area contributed by atoms with E-state index >= 15 is 0 Å². The van der Waals surface area contributed by atoms with Crippen molar-refractivity contribution in [3.05, 3.63) is 23.8 Å². The zero-order valence-electron chi connectivity index (χ0n) is 11.1. The molecule has 1 aliphatic rings. The summed E-state index contributed by atoms with van der Waals surface area (Å²) in [5.74, 6) is 1.59. The van der Waals surface area contributed by atoms with Gasteiger partial charge in [0.2, 0.25) is 0 Å². The zero-order valence-corrected chi connectivity index (χ0v) is 11.1. The Morgan fingerprint density at radius 2 is 1.89 bits per heavy atom. The molecule has 1 aromatic rings. The highest BCUT2D eigenvalue weighted by atomic mass is 16.6. The Morgan fingerprint density at radius 3 is 2.56 bits per heavy atom. The molecule has 4 N–H and O–H groups in total. The summed E-state index contributed by atoms with van der Waals surface area (Å²) < 4.78 is 11.1. The van der Waals surface area contributed by atoms with Crippen LogP contribution in [0.3, 0.4) is 0 Å². The summed E-state index contributed by atoms with van der Waals surface area (Å²) in [6, 6.07) is 5.87. The summed E-state index contributed by atoms with van der Waals surface area (Å²) in [7, 11) is 0. The minimum Gasteiger partial charge on any atom is -0.486 e. The maximum atomic E-state index is 6.34. The fraction of sp³-hybridized carbons (Fsp3) is 0.571. The van der Waals surface area contributed by atoms with Crippen LogP contribution in [0.1, 0.15) is 31.9 Å². The quantitative estimate of drug-likeness (QED) is 0.855. The second-order valence-corrected chi connectivity index (χ2v) is 5.41. The van der Waals surface area contributed by atoms with Gasteiger partial charge in [0.25, 0.3) is 0 Å². The van der Waals surface area contributed by atoms with Crippen LogP contribution in [0.2, 0.25) is 0 Å². The maximum absolute atomic E-state index is 6.34. The van der Waals surface area contributed by atoms with Crippen molar-refractivity contribution >= 4 is 0 Å². The molecule has 1 heterocycles. The summed E-state index contributed by atoms with van der Waals surface area (Å²) in [4.78, 5) is 0. The zero-order chi connectivity index (χ0) is 13.2. The lowest BCUT2D eigenvalue weighted by Crippen LogP contribution is -2.31. The van der Waals surface area contributed by atoms with Crippen LogP contribution in [0.25, 0.3) is 0 Å². The Bertz CT molecular complexity index is 418. The van der Waals surface area contributed by atoms with E-state index in [1.165, 1.54) is 0 Å². The van der Waals surface area contributed by atoms with Crippen molar-refractivity contribution < 1.29 is 9.47 Å². The fourth-order valence-corrected chi connectivity index (χ4v) is 2.23. The van der Waals surface area contributed by atoms with Gasteiger partial charge in [-0.25, -0.2) is 0 Å². The number of ether oxygens (including phenoxy) is 2. The summed E-state index contributed by atoms with van der Waals surface area (Å²) in [6.45, 7) is 6.13. The molecule has 0 aromatic heterocycles. The highest BCUT2D eigenvalue weighted by molar-refractivity contribution is 5.44. The molecule has 0 bridgehead atoms. The molecule has 1 unspecified atom stereocenters. The molecule has 0 amide bonds. The first-order valence-corrected chi connectivity index (χ1v) is 6.40. The van der Waals surface area contributed by atoms with Crippen LogP contribution >= 0.6 is 0 Å². The Hall–Kier alpha value is -1.26. The predicted molar refractivity (Wildman–Crippen MR) is 71.8 cm³/mol. The van der Waals surface area contributed by atoms with Crippen molar-refractivity contribution in [1.82, 2.24) is 0 Å². The van der Waals surface area contributed by atoms with Crippen LogP contribution in [-0.2, 0) is 0 Å². The van der Waals surface area contributed by atoms with Gasteiger partial charge in [-0.15, -0.1) is 0 Å². The normalized spacial score (nSPS) is 16.4. The molecule has 1 aliphatic heterocycles. The van der Waals surface area contributed by atoms with Gasteiger partial charge in [-0.3, -0.25) is 0 Å². The number of rotatable bonds is 4. The van der Waals surface area contributed by atoms with E-state index in [9.17, 15) is 0 Å². The third-order valence-electron chi connectivity index (χ3n) is 3.56. The van der Waals surface area contributed by atoms with Crippen LogP contribution in [0.5, 0.6) is 11.5 Å². The second-order valence-electron chi connectivity index (χ2n) is 5.41. The average Bonchev–Trinajstić information content (AvgIpc) is 2.37. The molecule has 4 nitrogen and oxygen atoms in total. The SMILES string of the molecule is CC(C)(CCN)C(N)c1ccc2c(c1)OCCO2. The van der Waals surface area contributed by atoms with Crippen molar-refractivity contribution in [3.63, 3.8) is 0 Å². The van der Waals surface area contributed by atoms with Crippen molar-refractivity contribution in [2.24, 2.45) is 16.9 Å². The van der Waals surface area contributed by atoms with Crippen LogP contribution in [0, 0.1) is 5.41 Å². The molecule has 0 saturated carbocycles. The molecule has 0 spiro atoms. The molecule has 0 saturated heterocycles. The van der Waals surface area contributed by atoms with Gasteiger partial charge >= 0.3 is 0 Å². The number of fused-ring (bicyclic) bond motifs is 1. The summed E-state index contributed by atoms with van der Waals surface area (Å²) in [5.41, 5.74) is 13.0. The van der Waals surface area contributed by atoms with Gasteiger partial charge in [-0.1, -0.05) is 19.9 Å². The maximum Gasteiger partial charge on any atom is 0.161 e. The second kappa shape index (κ2) is 5.16. The van der Waals surface area contributed by atoms with E-state index in [0.717, 1.165) is 23.5 Å². The summed E-state index contributed by atoms with van der Waals surface area (Å²) >= 11 is 0. The number of nitrogens with two attached hydrogens (primary N) is 2. The number of benzene rings is 1. The van der Waals surface area contributed by atoms with Gasteiger partial charge in [0.1, 0.15) is 13.2 Å². The Morgan fingerprint density at radius 1 is 1.22 bits per heavy atom. The largest absolute Gasteiger partial charge is 0.486 e. The van der Waals surface area contributed by atoms with E-state index < -0.39 is 0 Å². The van der Waals surface area contributed by atoms with Crippen molar-refractivity contribution in [2.45, 2.75) is 26.3 Å². The lowest BCUT2D eigenvalue weighted by atomic mass is 9.78. The lowest BCUT2D eigenvalue weighted by molar-refractivity contribution is 0.171. The minimum absolute atomic E-state index is 0.0293. The molecule has 18 heavy (non-hydrogen) atoms. The molecule has 4 heteroatoms. The van der Waals surface area contributed by atoms with E-state index in [4.69, 9.17) is 20.9 Å². The van der Waals surface area contributed by atoms with Crippen LogP contribution in [-0.4, -0.2) is 19.8 Å². The fourth-order valence-electron chi connectivity index (χ4n) is 2.23. The Balaban J connectivity index is 2.23. The van der Waals surface area contributed by atoms with Gasteiger partial charge < -0.3 is 20.9 Å². The molecule has 1 aromatic carbocycles. The minimum atomic E-state index is -0.0584. The average molecular weight is 250 g/mol. The first-order chi connectivity index (χ1) is 8.54. The Kier molecular flexibility index (Phi) is 3.78. The van der Waals surface area contributed by atoms with E-state index in [0.29, 0.717) is 19.8 Å². The third-order valence-corrected chi connectivity index (χ3v) is 3.56. The van der Waals surface area contributed by atoms with Gasteiger partial charge in [0.05, 0.1) is 0 Å². The molecule has 0 fully saturated rings. The van der Waals surface area contributed by atoms with Gasteiger partial charge in [-0.2, -0.15) is 0 Å². The molecule has 1 atom stereocenters. The predicted octanol–water partition coefficient (Wildman–Crippen LogP) is 1.83. The molecular weight excluding hydrogens is 228 g/mol. The number of hydrogen-bond acceptors (Lipinski definition) is 4. The van der Waals surface area contributed by atoms with E-state index in [2.05, 4.69) is 13.8 Å². The molecular formula is C14H22N2O2. The van der Waals surface area contributed by atoms with E-state index in [1.807, 2.05) is 18.2 Å². The first kappa shape index (κ1) is 13.2. The summed E-state index contributed by atoms with van der Waals surface area (Å²) in [6.07, 6.45) is 0.891. The van der Waals surface area contributed by atoms with Crippen LogP contribution in [0.15, 0.2) is 18.2 Å². The van der Waals surface area contributed by atoms with Crippen molar-refractivity contribution in [2.75, 3.05) is 19.8 Å². The molecule has 0 aliphatic carbocycles. The highest BCUT2D eigenvalue weighted by Crippen LogP contribution is 2.38. The standard InChI is InChI=1S/C14H22N2O2/c1-14(2,5-6-15)13(16)10-3-4-11-12(9-10)18-8-7-17-11/h3-4,9,13H,5-8,15-16H2,1-2H3. The monoisotopic (exact) mass is 250 g/mol. The molecule has 100 valence electrons. The molecule has 2 rings (SSSR count). The topological polar surface area (TPSA) is 70.5 Å². The highest BCUT2D eigenvalue weighted by Gasteiger charge is 2.28. The van der Waals surface area contributed by atoms with Crippen molar-refractivity contribution in [3.8, 4) is 11.5 Å². The van der Waals surface area contributed by atoms with E-state index in [1.54, 1.807) is 0 Å². The number of hydrogen-bond donors (Lipinski definition) is 2. The van der Waals surface area contributed by atoms with Gasteiger partial charge in [0.15, 0.2) is 11.5 Å². The van der Waals surface area contributed by atoms with Crippen molar-refractivity contribution in [1.29, 1.82) is 0 Å². The summed E-state index contributed by atoms with van der Waals surface area (Å²) in [5, 5.41) is 0. The van der Waals surface area contributed by atoms with Crippen LogP contribution in [0.4, 0.5) is 0 Å². The smallest absolute Gasteiger partial charge is 0.161 e. The molecule has 0 radical (unpaired) electrons. The van der Waals surface area contributed by atoms with Crippen LogP contribution < -0.4 is 20.9 Å². The van der Waals surface area contributed by atoms with E-state index in [-0.39, 0.29) is 11.5 Å². The first-order valence-electron chi connectivity index (χ1n) is 6.40. The van der Waals surface area contributed by atoms with Gasteiger partial charge in [0, 0.05) is 6.04 Å². The Labute approximate surface area is 108 Å². The third kappa shape index (κ3) is 2.60.